The zero-order chi connectivity index (χ0) is 10.8. The van der Waals surface area contributed by atoms with Gasteiger partial charge < -0.3 is 5.11 Å². The minimum atomic E-state index is -4.46. The fourth-order valence-corrected chi connectivity index (χ4v) is 1.19. The smallest absolute Gasteiger partial charge is 0.396 e. The van der Waals surface area contributed by atoms with Crippen molar-refractivity contribution in [3.05, 3.63) is 28.5 Å². The van der Waals surface area contributed by atoms with E-state index < -0.39 is 18.3 Å². The molecule has 0 aromatic carbocycles. The zero-order valence-corrected chi connectivity index (χ0v) is 7.73. The third-order valence-corrected chi connectivity index (χ3v) is 1.80. The Morgan fingerprint density at radius 2 is 2.00 bits per heavy atom. The topological polar surface area (TPSA) is 33.1 Å². The number of halogens is 4. The van der Waals surface area contributed by atoms with Gasteiger partial charge in [0.1, 0.15) is 5.15 Å². The summed E-state index contributed by atoms with van der Waals surface area (Å²) < 4.78 is 37.0. The van der Waals surface area contributed by atoms with Crippen molar-refractivity contribution in [3.8, 4) is 0 Å². The number of hydrogen-bond acceptors (Lipinski definition) is 2. The van der Waals surface area contributed by atoms with E-state index in [4.69, 9.17) is 16.7 Å². The van der Waals surface area contributed by atoms with Gasteiger partial charge in [-0.2, -0.15) is 13.2 Å². The van der Waals surface area contributed by atoms with E-state index >= 15 is 0 Å². The number of nitrogens with zero attached hydrogens (tertiary/aromatic N) is 1. The molecule has 0 aliphatic heterocycles. The molecule has 0 radical (unpaired) electrons. The Hall–Kier alpha value is -0.810. The van der Waals surface area contributed by atoms with E-state index in [1.165, 1.54) is 0 Å². The van der Waals surface area contributed by atoms with Crippen LogP contribution >= 0.6 is 11.6 Å². The van der Waals surface area contributed by atoms with Crippen molar-refractivity contribution in [2.24, 2.45) is 0 Å². The summed E-state index contributed by atoms with van der Waals surface area (Å²) in [5.41, 5.74) is -1.08. The molecule has 0 bridgehead atoms. The lowest BCUT2D eigenvalue weighted by atomic mass is 10.1. The number of aliphatic hydroxyl groups is 1. The Morgan fingerprint density at radius 1 is 1.36 bits per heavy atom. The first-order chi connectivity index (χ1) is 6.45. The summed E-state index contributed by atoms with van der Waals surface area (Å²) in [5, 5.41) is 8.54. The molecule has 2 nitrogen and oxygen atoms in total. The standard InChI is InChI=1S/C8H7ClF3NO/c9-7-2-1-5(8(10,11)12)6(13-7)3-4-14/h1-2,14H,3-4H2. The van der Waals surface area contributed by atoms with Crippen LogP contribution < -0.4 is 0 Å². The molecule has 1 aromatic heterocycles. The Morgan fingerprint density at radius 3 is 2.50 bits per heavy atom. The highest BCUT2D eigenvalue weighted by Gasteiger charge is 2.33. The quantitative estimate of drug-likeness (QED) is 0.784. The molecule has 1 rings (SSSR count). The highest BCUT2D eigenvalue weighted by molar-refractivity contribution is 6.29. The molecule has 0 amide bonds. The summed E-state index contributed by atoms with van der Waals surface area (Å²) in [6.07, 6.45) is -4.61. The Bertz CT molecular complexity index is 327. The first kappa shape index (κ1) is 11.3. The first-order valence-corrected chi connectivity index (χ1v) is 4.16. The van der Waals surface area contributed by atoms with E-state index in [9.17, 15) is 13.2 Å². The minimum Gasteiger partial charge on any atom is -0.396 e. The molecule has 0 saturated carbocycles. The predicted molar refractivity (Wildman–Crippen MR) is 45.0 cm³/mol. The summed E-state index contributed by atoms with van der Waals surface area (Å²) in [7, 11) is 0. The van der Waals surface area contributed by atoms with Gasteiger partial charge in [0, 0.05) is 13.0 Å². The van der Waals surface area contributed by atoms with Gasteiger partial charge in [-0.15, -0.1) is 0 Å². The summed E-state index contributed by atoms with van der Waals surface area (Å²) in [6, 6.07) is 1.94. The fourth-order valence-electron chi connectivity index (χ4n) is 1.03. The van der Waals surface area contributed by atoms with Gasteiger partial charge >= 0.3 is 6.18 Å². The van der Waals surface area contributed by atoms with E-state index in [0.717, 1.165) is 12.1 Å². The predicted octanol–water partition coefficient (Wildman–Crippen LogP) is 2.29. The molecule has 6 heteroatoms. The van der Waals surface area contributed by atoms with E-state index in [1.807, 2.05) is 0 Å². The maximum absolute atomic E-state index is 12.3. The van der Waals surface area contributed by atoms with Gasteiger partial charge in [0.25, 0.3) is 0 Å². The largest absolute Gasteiger partial charge is 0.418 e. The van der Waals surface area contributed by atoms with Crippen LogP contribution in [0.25, 0.3) is 0 Å². The molecule has 0 unspecified atom stereocenters. The SMILES string of the molecule is OCCc1nc(Cl)ccc1C(F)(F)F. The van der Waals surface area contributed by atoms with E-state index in [-0.39, 0.29) is 17.3 Å². The highest BCUT2D eigenvalue weighted by atomic mass is 35.5. The van der Waals surface area contributed by atoms with Crippen molar-refractivity contribution in [1.29, 1.82) is 0 Å². The lowest BCUT2D eigenvalue weighted by Crippen LogP contribution is -2.11. The molecular formula is C8H7ClF3NO. The molecule has 0 fully saturated rings. The highest BCUT2D eigenvalue weighted by Crippen LogP contribution is 2.32. The van der Waals surface area contributed by atoms with Crippen molar-refractivity contribution < 1.29 is 18.3 Å². The van der Waals surface area contributed by atoms with Gasteiger partial charge in [0.05, 0.1) is 11.3 Å². The molecule has 0 aliphatic rings. The maximum atomic E-state index is 12.3. The number of hydrogen-bond donors (Lipinski definition) is 1. The molecule has 1 aromatic rings. The number of alkyl halides is 3. The van der Waals surface area contributed by atoms with Crippen molar-refractivity contribution in [2.45, 2.75) is 12.6 Å². The lowest BCUT2D eigenvalue weighted by Gasteiger charge is -2.10. The molecule has 14 heavy (non-hydrogen) atoms. The van der Waals surface area contributed by atoms with E-state index in [2.05, 4.69) is 4.98 Å². The normalized spacial score (nSPS) is 11.8. The van der Waals surface area contributed by atoms with E-state index in [1.54, 1.807) is 0 Å². The average Bonchev–Trinajstić information content (AvgIpc) is 2.02. The average molecular weight is 226 g/mol. The van der Waals surface area contributed by atoms with Crippen molar-refractivity contribution in [2.75, 3.05) is 6.61 Å². The van der Waals surface area contributed by atoms with Gasteiger partial charge in [-0.05, 0) is 12.1 Å². The summed E-state index contributed by atoms with van der Waals surface area (Å²) in [4.78, 5) is 3.51. The molecule has 0 spiro atoms. The summed E-state index contributed by atoms with van der Waals surface area (Å²) in [5.74, 6) is 0. The van der Waals surface area contributed by atoms with Crippen LogP contribution in [0.3, 0.4) is 0 Å². The number of aliphatic hydroxyl groups excluding tert-OH is 1. The molecule has 78 valence electrons. The molecule has 0 atom stereocenters. The first-order valence-electron chi connectivity index (χ1n) is 3.78. The van der Waals surface area contributed by atoms with E-state index in [0.29, 0.717) is 0 Å². The fraction of sp³-hybridized carbons (Fsp3) is 0.375. The van der Waals surface area contributed by atoms with Gasteiger partial charge in [-0.25, -0.2) is 4.98 Å². The maximum Gasteiger partial charge on any atom is 0.418 e. The van der Waals surface area contributed by atoms with Crippen molar-refractivity contribution in [1.82, 2.24) is 4.98 Å². The second-order valence-corrected chi connectivity index (χ2v) is 2.99. The van der Waals surface area contributed by atoms with Crippen LogP contribution in [0.4, 0.5) is 13.2 Å². The molecule has 0 saturated heterocycles. The van der Waals surface area contributed by atoms with Crippen LogP contribution in [-0.2, 0) is 12.6 Å². The Kier molecular flexibility index (Phi) is 3.34. The monoisotopic (exact) mass is 225 g/mol. The van der Waals surface area contributed by atoms with Gasteiger partial charge in [0.2, 0.25) is 0 Å². The van der Waals surface area contributed by atoms with Crippen LogP contribution in [-0.4, -0.2) is 16.7 Å². The van der Waals surface area contributed by atoms with Crippen molar-refractivity contribution >= 4 is 11.6 Å². The number of rotatable bonds is 2. The van der Waals surface area contributed by atoms with Gasteiger partial charge in [0.15, 0.2) is 0 Å². The molecule has 0 aliphatic carbocycles. The molecular weight excluding hydrogens is 219 g/mol. The van der Waals surface area contributed by atoms with Crippen LogP contribution in [0.2, 0.25) is 5.15 Å². The summed E-state index contributed by atoms with van der Waals surface area (Å²) in [6.45, 7) is -0.392. The van der Waals surface area contributed by atoms with Gasteiger partial charge in [-0.1, -0.05) is 11.6 Å². The second-order valence-electron chi connectivity index (χ2n) is 2.60. The van der Waals surface area contributed by atoms with Gasteiger partial charge in [-0.3, -0.25) is 0 Å². The van der Waals surface area contributed by atoms with Crippen LogP contribution in [0.15, 0.2) is 12.1 Å². The minimum absolute atomic E-state index is 0.0125. The van der Waals surface area contributed by atoms with Crippen LogP contribution in [0, 0.1) is 0 Å². The number of aromatic nitrogens is 1. The molecule has 1 N–H and O–H groups in total. The third kappa shape index (κ3) is 2.59. The van der Waals surface area contributed by atoms with Crippen LogP contribution in [0.1, 0.15) is 11.3 Å². The van der Waals surface area contributed by atoms with Crippen molar-refractivity contribution in [3.63, 3.8) is 0 Å². The third-order valence-electron chi connectivity index (χ3n) is 1.59. The lowest BCUT2D eigenvalue weighted by molar-refractivity contribution is -0.138. The molecule has 1 heterocycles. The summed E-state index contributed by atoms with van der Waals surface area (Å²) >= 11 is 5.44. The zero-order valence-electron chi connectivity index (χ0n) is 6.98. The number of pyridine rings is 1. The van der Waals surface area contributed by atoms with Crippen LogP contribution in [0.5, 0.6) is 0 Å². The Balaban J connectivity index is 3.15. The second kappa shape index (κ2) is 4.14. The Labute approximate surface area is 83.3 Å².